The third kappa shape index (κ3) is 2.89. The van der Waals surface area contributed by atoms with Crippen molar-refractivity contribution in [3.8, 4) is 0 Å². The molecule has 0 heterocycles. The molecule has 12 heavy (non-hydrogen) atoms. The zero-order chi connectivity index (χ0) is 8.81. The van der Waals surface area contributed by atoms with E-state index in [9.17, 15) is 0 Å². The predicted molar refractivity (Wildman–Crippen MR) is 51.9 cm³/mol. The van der Waals surface area contributed by atoms with E-state index < -0.39 is 0 Å². The van der Waals surface area contributed by atoms with Crippen LogP contribution in [0.5, 0.6) is 0 Å². The third-order valence-corrected chi connectivity index (χ3v) is 1.65. The zero-order valence-corrected chi connectivity index (χ0v) is 7.33. The van der Waals surface area contributed by atoms with E-state index in [1.165, 1.54) is 11.1 Å². The molecule has 0 aliphatic carbocycles. The van der Waals surface area contributed by atoms with E-state index >= 15 is 0 Å². The lowest BCUT2D eigenvalue weighted by Crippen LogP contribution is -1.77. The number of aliphatic hydroxyl groups is 1. The van der Waals surface area contributed by atoms with Crippen LogP contribution < -0.4 is 0 Å². The second-order valence-electron chi connectivity index (χ2n) is 2.83. The summed E-state index contributed by atoms with van der Waals surface area (Å²) in [4.78, 5) is 0. The molecule has 0 saturated carbocycles. The summed E-state index contributed by atoms with van der Waals surface area (Å²) in [6.45, 7) is 2.30. The van der Waals surface area contributed by atoms with Gasteiger partial charge in [-0.3, -0.25) is 0 Å². The Hall–Kier alpha value is -1.08. The van der Waals surface area contributed by atoms with Gasteiger partial charge < -0.3 is 5.11 Å². The maximum atomic E-state index is 8.55. The lowest BCUT2D eigenvalue weighted by Gasteiger charge is -1.94. The molecule has 0 spiro atoms. The highest BCUT2D eigenvalue weighted by molar-refractivity contribution is 5.49. The maximum Gasteiger partial charge on any atom is 0.0465 e. The topological polar surface area (TPSA) is 20.2 Å². The van der Waals surface area contributed by atoms with Crippen molar-refractivity contribution in [1.29, 1.82) is 0 Å². The van der Waals surface area contributed by atoms with Crippen molar-refractivity contribution >= 4 is 6.08 Å². The Morgan fingerprint density at radius 1 is 1.42 bits per heavy atom. The third-order valence-electron chi connectivity index (χ3n) is 1.65. The van der Waals surface area contributed by atoms with Gasteiger partial charge in [0, 0.05) is 6.61 Å². The molecule has 0 bridgehead atoms. The predicted octanol–water partition coefficient (Wildman–Crippen LogP) is 2.39. The van der Waals surface area contributed by atoms with E-state index in [2.05, 4.69) is 25.1 Å². The first-order chi connectivity index (χ1) is 5.83. The molecule has 0 aliphatic rings. The minimum atomic E-state index is 0.225. The van der Waals surface area contributed by atoms with Gasteiger partial charge in [-0.2, -0.15) is 0 Å². The highest BCUT2D eigenvalue weighted by atomic mass is 16.2. The first kappa shape index (κ1) is 9.01. The Kier molecular flexibility index (Phi) is 3.55. The first-order valence-electron chi connectivity index (χ1n) is 4.17. The zero-order valence-electron chi connectivity index (χ0n) is 7.33. The quantitative estimate of drug-likeness (QED) is 0.723. The van der Waals surface area contributed by atoms with Crippen LogP contribution in [0.15, 0.2) is 30.3 Å². The van der Waals surface area contributed by atoms with Gasteiger partial charge in [0.05, 0.1) is 0 Å². The van der Waals surface area contributed by atoms with Gasteiger partial charge in [-0.1, -0.05) is 42.0 Å². The van der Waals surface area contributed by atoms with E-state index in [-0.39, 0.29) is 6.61 Å². The van der Waals surface area contributed by atoms with Crippen LogP contribution >= 0.6 is 0 Å². The van der Waals surface area contributed by atoms with Gasteiger partial charge in [-0.25, -0.2) is 0 Å². The summed E-state index contributed by atoms with van der Waals surface area (Å²) in [6, 6.07) is 8.28. The minimum absolute atomic E-state index is 0.225. The summed E-state index contributed by atoms with van der Waals surface area (Å²) < 4.78 is 0. The van der Waals surface area contributed by atoms with Crippen molar-refractivity contribution in [1.82, 2.24) is 0 Å². The Morgan fingerprint density at radius 2 is 2.25 bits per heavy atom. The first-order valence-corrected chi connectivity index (χ1v) is 4.17. The van der Waals surface area contributed by atoms with Crippen LogP contribution in [0.3, 0.4) is 0 Å². The Morgan fingerprint density at radius 3 is 2.92 bits per heavy atom. The van der Waals surface area contributed by atoms with Crippen molar-refractivity contribution in [2.75, 3.05) is 6.61 Å². The monoisotopic (exact) mass is 162 g/mol. The normalized spacial score (nSPS) is 10.8. The van der Waals surface area contributed by atoms with Crippen molar-refractivity contribution in [2.45, 2.75) is 13.3 Å². The molecule has 0 unspecified atom stereocenters. The molecular formula is C11H14O. The molecule has 0 atom stereocenters. The van der Waals surface area contributed by atoms with Gasteiger partial charge in [-0.05, 0) is 18.9 Å². The second-order valence-corrected chi connectivity index (χ2v) is 2.83. The van der Waals surface area contributed by atoms with Crippen molar-refractivity contribution < 1.29 is 5.11 Å². The summed E-state index contributed by atoms with van der Waals surface area (Å²) in [6.07, 6.45) is 4.74. The largest absolute Gasteiger partial charge is 0.396 e. The summed E-state index contributed by atoms with van der Waals surface area (Å²) in [5.74, 6) is 0. The van der Waals surface area contributed by atoms with Crippen LogP contribution in [0.2, 0.25) is 0 Å². The lowest BCUT2D eigenvalue weighted by atomic mass is 10.1. The summed E-state index contributed by atoms with van der Waals surface area (Å²) in [5, 5.41) is 8.55. The summed E-state index contributed by atoms with van der Waals surface area (Å²) in [7, 11) is 0. The van der Waals surface area contributed by atoms with Gasteiger partial charge in [0.15, 0.2) is 0 Å². The molecule has 0 fully saturated rings. The van der Waals surface area contributed by atoms with E-state index in [1.807, 2.05) is 18.2 Å². The van der Waals surface area contributed by atoms with E-state index in [0.717, 1.165) is 6.42 Å². The highest BCUT2D eigenvalue weighted by Gasteiger charge is 1.85. The van der Waals surface area contributed by atoms with Crippen LogP contribution in [0.4, 0.5) is 0 Å². The fourth-order valence-electron chi connectivity index (χ4n) is 1.07. The van der Waals surface area contributed by atoms with Crippen LogP contribution in [0, 0.1) is 6.92 Å². The summed E-state index contributed by atoms with van der Waals surface area (Å²) >= 11 is 0. The number of hydrogen-bond donors (Lipinski definition) is 1. The van der Waals surface area contributed by atoms with Gasteiger partial charge in [0.25, 0.3) is 0 Å². The van der Waals surface area contributed by atoms with Crippen molar-refractivity contribution in [3.05, 3.63) is 41.5 Å². The van der Waals surface area contributed by atoms with Gasteiger partial charge in [0.1, 0.15) is 0 Å². The van der Waals surface area contributed by atoms with Crippen LogP contribution in [0.1, 0.15) is 17.5 Å². The highest BCUT2D eigenvalue weighted by Crippen LogP contribution is 2.05. The van der Waals surface area contributed by atoms with Crippen molar-refractivity contribution in [3.63, 3.8) is 0 Å². The molecule has 1 N–H and O–H groups in total. The molecule has 0 radical (unpaired) electrons. The van der Waals surface area contributed by atoms with E-state index in [0.29, 0.717) is 0 Å². The molecule has 1 aromatic carbocycles. The van der Waals surface area contributed by atoms with Gasteiger partial charge in [0.2, 0.25) is 0 Å². The standard InChI is InChI=1S/C11H14O/c1-10-5-4-7-11(9-10)6-2-3-8-12/h2,4-7,9,12H,3,8H2,1H3/b6-2+. The molecule has 0 saturated heterocycles. The van der Waals surface area contributed by atoms with Crippen LogP contribution in [-0.2, 0) is 0 Å². The molecule has 0 aromatic heterocycles. The molecule has 1 aromatic rings. The molecule has 0 amide bonds. The van der Waals surface area contributed by atoms with E-state index in [4.69, 9.17) is 5.11 Å². The lowest BCUT2D eigenvalue weighted by molar-refractivity contribution is 0.303. The maximum absolute atomic E-state index is 8.55. The molecule has 0 aliphatic heterocycles. The average Bonchev–Trinajstić information content (AvgIpc) is 2.05. The number of benzene rings is 1. The molecule has 1 nitrogen and oxygen atoms in total. The Bertz CT molecular complexity index is 263. The number of rotatable bonds is 3. The molecule has 1 heteroatoms. The fraction of sp³-hybridized carbons (Fsp3) is 0.273. The minimum Gasteiger partial charge on any atom is -0.396 e. The number of aliphatic hydroxyl groups excluding tert-OH is 1. The van der Waals surface area contributed by atoms with E-state index in [1.54, 1.807) is 0 Å². The Balaban J connectivity index is 2.63. The van der Waals surface area contributed by atoms with Gasteiger partial charge in [-0.15, -0.1) is 0 Å². The van der Waals surface area contributed by atoms with Crippen LogP contribution in [0.25, 0.3) is 6.08 Å². The number of aryl methyl sites for hydroxylation is 1. The van der Waals surface area contributed by atoms with Gasteiger partial charge >= 0.3 is 0 Å². The molecular weight excluding hydrogens is 148 g/mol. The fourth-order valence-corrected chi connectivity index (χ4v) is 1.07. The van der Waals surface area contributed by atoms with Crippen LogP contribution in [-0.4, -0.2) is 11.7 Å². The average molecular weight is 162 g/mol. The van der Waals surface area contributed by atoms with Crippen molar-refractivity contribution in [2.24, 2.45) is 0 Å². The Labute approximate surface area is 73.4 Å². The molecule has 64 valence electrons. The smallest absolute Gasteiger partial charge is 0.0465 e. The number of hydrogen-bond acceptors (Lipinski definition) is 1. The summed E-state index contributed by atoms with van der Waals surface area (Å²) in [5.41, 5.74) is 2.46. The SMILES string of the molecule is Cc1cccc(/C=C/CCO)c1. The second kappa shape index (κ2) is 4.73. The molecule has 1 rings (SSSR count).